The average Bonchev–Trinajstić information content (AvgIpc) is 2.40. The number of methoxy groups -OCH3 is 1. The van der Waals surface area contributed by atoms with Gasteiger partial charge in [0.1, 0.15) is 5.82 Å². The van der Waals surface area contributed by atoms with E-state index in [4.69, 9.17) is 0 Å². The summed E-state index contributed by atoms with van der Waals surface area (Å²) in [5.74, 6) is -2.99. The molecule has 1 aromatic carbocycles. The van der Waals surface area contributed by atoms with Crippen LogP contribution in [0.2, 0.25) is 0 Å². The Balaban J connectivity index is 2.61. The second kappa shape index (κ2) is 6.63. The lowest BCUT2D eigenvalue weighted by Gasteiger charge is -2.16. The van der Waals surface area contributed by atoms with Gasteiger partial charge in [-0.25, -0.2) is 9.18 Å². The predicted molar refractivity (Wildman–Crippen MR) is 64.5 cm³/mol. The van der Waals surface area contributed by atoms with E-state index >= 15 is 0 Å². The Bertz CT molecular complexity index is 501. The van der Waals surface area contributed by atoms with Crippen LogP contribution in [-0.4, -0.2) is 36.7 Å². The molecule has 0 aliphatic carbocycles. The predicted octanol–water partition coefficient (Wildman–Crippen LogP) is 0.916. The van der Waals surface area contributed by atoms with Crippen molar-refractivity contribution >= 4 is 17.7 Å². The molecule has 1 rings (SSSR count). The van der Waals surface area contributed by atoms with Gasteiger partial charge < -0.3 is 9.64 Å². The number of esters is 1. The second-order valence-corrected chi connectivity index (χ2v) is 3.93. The minimum atomic E-state index is -1.06. The number of amides is 1. The molecule has 0 atom stereocenters. The monoisotopic (exact) mass is 267 g/mol. The van der Waals surface area contributed by atoms with Crippen molar-refractivity contribution in [2.75, 3.05) is 14.2 Å². The SMILES string of the molecule is COC(=O)C(=O)CC(=O)N(C)Cc1ccccc1F. The number of hydrogen-bond donors (Lipinski definition) is 0. The van der Waals surface area contributed by atoms with Gasteiger partial charge in [-0.3, -0.25) is 9.59 Å². The summed E-state index contributed by atoms with van der Waals surface area (Å²) in [6.45, 7) is 0.0277. The van der Waals surface area contributed by atoms with Gasteiger partial charge in [-0.05, 0) is 6.07 Å². The van der Waals surface area contributed by atoms with E-state index in [1.165, 1.54) is 18.0 Å². The van der Waals surface area contributed by atoms with E-state index in [0.29, 0.717) is 5.56 Å². The van der Waals surface area contributed by atoms with Crippen molar-refractivity contribution < 1.29 is 23.5 Å². The van der Waals surface area contributed by atoms with E-state index in [1.807, 2.05) is 0 Å². The van der Waals surface area contributed by atoms with Crippen molar-refractivity contribution in [3.05, 3.63) is 35.6 Å². The number of nitrogens with zero attached hydrogens (tertiary/aromatic N) is 1. The molecule has 0 fully saturated rings. The third-order valence-electron chi connectivity index (χ3n) is 2.52. The molecule has 0 N–H and O–H groups in total. The fourth-order valence-corrected chi connectivity index (χ4v) is 1.43. The molecule has 1 aromatic rings. The second-order valence-electron chi connectivity index (χ2n) is 3.93. The van der Waals surface area contributed by atoms with Crippen LogP contribution in [-0.2, 0) is 25.7 Å². The summed E-state index contributed by atoms with van der Waals surface area (Å²) >= 11 is 0. The molecule has 0 heterocycles. The Morgan fingerprint density at radius 3 is 2.47 bits per heavy atom. The van der Waals surface area contributed by atoms with E-state index in [0.717, 1.165) is 7.11 Å². The summed E-state index contributed by atoms with van der Waals surface area (Å²) in [6, 6.07) is 6.02. The van der Waals surface area contributed by atoms with Gasteiger partial charge in [-0.1, -0.05) is 18.2 Å². The third kappa shape index (κ3) is 4.17. The van der Waals surface area contributed by atoms with E-state index in [-0.39, 0.29) is 6.54 Å². The summed E-state index contributed by atoms with van der Waals surface area (Å²) in [4.78, 5) is 34.9. The summed E-state index contributed by atoms with van der Waals surface area (Å²) < 4.78 is 17.6. The minimum absolute atomic E-state index is 0.0277. The topological polar surface area (TPSA) is 63.7 Å². The fourth-order valence-electron chi connectivity index (χ4n) is 1.43. The normalized spacial score (nSPS) is 9.84. The average molecular weight is 267 g/mol. The van der Waals surface area contributed by atoms with E-state index in [2.05, 4.69) is 4.74 Å². The van der Waals surface area contributed by atoms with Crippen LogP contribution in [0.4, 0.5) is 4.39 Å². The number of carbonyl (C=O) groups excluding carboxylic acids is 3. The van der Waals surface area contributed by atoms with E-state index in [1.54, 1.807) is 18.2 Å². The van der Waals surface area contributed by atoms with Gasteiger partial charge in [-0.2, -0.15) is 0 Å². The highest BCUT2D eigenvalue weighted by atomic mass is 19.1. The van der Waals surface area contributed by atoms with Crippen LogP contribution in [0.25, 0.3) is 0 Å². The molecule has 6 heteroatoms. The zero-order valence-corrected chi connectivity index (χ0v) is 10.7. The Morgan fingerprint density at radius 2 is 1.89 bits per heavy atom. The molecule has 5 nitrogen and oxygen atoms in total. The maximum absolute atomic E-state index is 13.4. The van der Waals surface area contributed by atoms with Crippen LogP contribution in [0.3, 0.4) is 0 Å². The lowest BCUT2D eigenvalue weighted by molar-refractivity contribution is -0.153. The standard InChI is InChI=1S/C13H14FNO4/c1-15(8-9-5-3-4-6-10(9)14)12(17)7-11(16)13(18)19-2/h3-6H,7-8H2,1-2H3. The molecule has 0 bridgehead atoms. The number of rotatable bonds is 5. The Labute approximate surface area is 110 Å². The minimum Gasteiger partial charge on any atom is -0.463 e. The largest absolute Gasteiger partial charge is 0.463 e. The zero-order valence-electron chi connectivity index (χ0n) is 10.7. The zero-order chi connectivity index (χ0) is 14.4. The van der Waals surface area contributed by atoms with Crippen molar-refractivity contribution in [3.8, 4) is 0 Å². The summed E-state index contributed by atoms with van der Waals surface area (Å²) in [7, 11) is 2.49. The summed E-state index contributed by atoms with van der Waals surface area (Å²) in [5.41, 5.74) is 0.337. The van der Waals surface area contributed by atoms with Crippen molar-refractivity contribution in [2.45, 2.75) is 13.0 Å². The lowest BCUT2D eigenvalue weighted by atomic mass is 10.2. The first-order valence-corrected chi connectivity index (χ1v) is 5.54. The highest BCUT2D eigenvalue weighted by Crippen LogP contribution is 2.09. The highest BCUT2D eigenvalue weighted by Gasteiger charge is 2.21. The molecule has 1 amide bonds. The van der Waals surface area contributed by atoms with Gasteiger partial charge in [0.2, 0.25) is 11.7 Å². The van der Waals surface area contributed by atoms with Crippen LogP contribution in [0.5, 0.6) is 0 Å². The van der Waals surface area contributed by atoms with Crippen molar-refractivity contribution in [3.63, 3.8) is 0 Å². The molecule has 0 unspecified atom stereocenters. The van der Waals surface area contributed by atoms with Gasteiger partial charge in [0.25, 0.3) is 0 Å². The van der Waals surface area contributed by atoms with Crippen LogP contribution in [0.1, 0.15) is 12.0 Å². The number of halogens is 1. The molecule has 19 heavy (non-hydrogen) atoms. The van der Waals surface area contributed by atoms with Gasteiger partial charge in [-0.15, -0.1) is 0 Å². The van der Waals surface area contributed by atoms with Crippen LogP contribution < -0.4 is 0 Å². The van der Waals surface area contributed by atoms with Gasteiger partial charge in [0.05, 0.1) is 13.5 Å². The van der Waals surface area contributed by atoms with Crippen molar-refractivity contribution in [1.29, 1.82) is 0 Å². The maximum Gasteiger partial charge on any atom is 0.374 e. The first-order valence-electron chi connectivity index (χ1n) is 5.54. The summed E-state index contributed by atoms with van der Waals surface area (Å²) in [5, 5.41) is 0. The van der Waals surface area contributed by atoms with Crippen molar-refractivity contribution in [1.82, 2.24) is 4.90 Å². The van der Waals surface area contributed by atoms with Crippen LogP contribution in [0, 0.1) is 5.82 Å². The smallest absolute Gasteiger partial charge is 0.374 e. The molecular formula is C13H14FNO4. The Morgan fingerprint density at radius 1 is 1.26 bits per heavy atom. The van der Waals surface area contributed by atoms with E-state index < -0.39 is 29.9 Å². The first kappa shape index (κ1) is 14.8. The Kier molecular flexibility index (Phi) is 5.17. The summed E-state index contributed by atoms with van der Waals surface area (Å²) in [6.07, 6.45) is -0.586. The van der Waals surface area contributed by atoms with E-state index in [9.17, 15) is 18.8 Å². The van der Waals surface area contributed by atoms with Gasteiger partial charge >= 0.3 is 5.97 Å². The molecule has 0 radical (unpaired) electrons. The van der Waals surface area contributed by atoms with Gasteiger partial charge in [0, 0.05) is 19.2 Å². The molecule has 0 saturated heterocycles. The molecule has 0 spiro atoms. The number of ether oxygens (including phenoxy) is 1. The number of hydrogen-bond acceptors (Lipinski definition) is 4. The first-order chi connectivity index (χ1) is 8.95. The molecule has 102 valence electrons. The quantitative estimate of drug-likeness (QED) is 0.452. The number of Topliss-reactive ketones (excluding diaryl/α,β-unsaturated/α-hetero) is 1. The molecule has 0 aliphatic rings. The number of ketones is 1. The fraction of sp³-hybridized carbons (Fsp3) is 0.308. The molecule has 0 aromatic heterocycles. The van der Waals surface area contributed by atoms with Crippen LogP contribution in [0.15, 0.2) is 24.3 Å². The molecule has 0 saturated carbocycles. The van der Waals surface area contributed by atoms with Crippen molar-refractivity contribution in [2.24, 2.45) is 0 Å². The lowest BCUT2D eigenvalue weighted by Crippen LogP contribution is -2.30. The molecular weight excluding hydrogens is 253 g/mol. The Hall–Kier alpha value is -2.24. The van der Waals surface area contributed by atoms with Crippen LogP contribution >= 0.6 is 0 Å². The molecule has 0 aliphatic heterocycles. The number of carbonyl (C=O) groups is 3. The number of benzene rings is 1. The maximum atomic E-state index is 13.4. The highest BCUT2D eigenvalue weighted by molar-refractivity contribution is 6.36. The third-order valence-corrected chi connectivity index (χ3v) is 2.52. The van der Waals surface area contributed by atoms with Gasteiger partial charge in [0.15, 0.2) is 0 Å².